The molecule has 1 aromatic rings. The molecule has 0 amide bonds. The van der Waals surface area contributed by atoms with Crippen molar-refractivity contribution in [2.75, 3.05) is 6.61 Å². The SMILES string of the molecule is CC(=O)O.CCOC(=O)C(=O)c1ccc(C2CCCCC2)cc1. The fourth-order valence-electron chi connectivity index (χ4n) is 2.66. The lowest BCUT2D eigenvalue weighted by Crippen LogP contribution is -2.17. The predicted molar refractivity (Wildman–Crippen MR) is 86.5 cm³/mol. The van der Waals surface area contributed by atoms with E-state index in [1.807, 2.05) is 12.1 Å². The Morgan fingerprint density at radius 1 is 1.09 bits per heavy atom. The Morgan fingerprint density at radius 3 is 2.09 bits per heavy atom. The van der Waals surface area contributed by atoms with Crippen LogP contribution in [0.4, 0.5) is 0 Å². The van der Waals surface area contributed by atoms with E-state index in [0.29, 0.717) is 11.5 Å². The van der Waals surface area contributed by atoms with Gasteiger partial charge in [-0.05, 0) is 31.2 Å². The van der Waals surface area contributed by atoms with E-state index >= 15 is 0 Å². The number of benzene rings is 1. The third-order valence-electron chi connectivity index (χ3n) is 3.71. The lowest BCUT2D eigenvalue weighted by Gasteiger charge is -2.21. The summed E-state index contributed by atoms with van der Waals surface area (Å²) in [7, 11) is 0. The van der Waals surface area contributed by atoms with Gasteiger partial charge in [0.15, 0.2) is 0 Å². The van der Waals surface area contributed by atoms with Gasteiger partial charge in [0.25, 0.3) is 11.8 Å². The van der Waals surface area contributed by atoms with Crippen LogP contribution < -0.4 is 0 Å². The molecule has 0 aliphatic heterocycles. The highest BCUT2D eigenvalue weighted by atomic mass is 16.5. The molecule has 1 saturated carbocycles. The van der Waals surface area contributed by atoms with E-state index in [1.165, 1.54) is 37.7 Å². The summed E-state index contributed by atoms with van der Waals surface area (Å²) in [5.74, 6) is -1.55. The standard InChI is InChI=1S/C16H20O3.C2H4O2/c1-2-19-16(18)15(17)14-10-8-13(9-11-14)12-6-4-3-5-7-12;1-2(3)4/h8-12H,2-7H2,1H3;1H3,(H,3,4). The van der Waals surface area contributed by atoms with E-state index in [4.69, 9.17) is 14.6 Å². The molecule has 5 heteroatoms. The highest BCUT2D eigenvalue weighted by Crippen LogP contribution is 2.32. The number of hydrogen-bond acceptors (Lipinski definition) is 4. The molecule has 0 atom stereocenters. The molecule has 23 heavy (non-hydrogen) atoms. The maximum atomic E-state index is 11.7. The third-order valence-corrected chi connectivity index (χ3v) is 3.71. The van der Waals surface area contributed by atoms with Gasteiger partial charge in [0.05, 0.1) is 6.61 Å². The summed E-state index contributed by atoms with van der Waals surface area (Å²) in [6.07, 6.45) is 6.36. The number of carboxylic acids is 1. The summed E-state index contributed by atoms with van der Waals surface area (Å²) in [6, 6.07) is 7.43. The maximum Gasteiger partial charge on any atom is 0.379 e. The van der Waals surface area contributed by atoms with Crippen molar-refractivity contribution in [3.8, 4) is 0 Å². The first-order valence-electron chi connectivity index (χ1n) is 7.96. The lowest BCUT2D eigenvalue weighted by atomic mass is 9.84. The van der Waals surface area contributed by atoms with Gasteiger partial charge < -0.3 is 9.84 Å². The number of ether oxygens (including phenoxy) is 1. The Bertz CT molecular complexity index is 523. The van der Waals surface area contributed by atoms with Gasteiger partial charge in [-0.2, -0.15) is 0 Å². The second-order valence-electron chi connectivity index (χ2n) is 5.53. The van der Waals surface area contributed by atoms with Gasteiger partial charge in [0.2, 0.25) is 0 Å². The van der Waals surface area contributed by atoms with Crippen molar-refractivity contribution in [3.05, 3.63) is 35.4 Å². The van der Waals surface area contributed by atoms with Gasteiger partial charge in [-0.3, -0.25) is 9.59 Å². The van der Waals surface area contributed by atoms with Crippen LogP contribution in [-0.2, 0) is 14.3 Å². The minimum absolute atomic E-state index is 0.227. The molecule has 1 aromatic carbocycles. The number of carbonyl (C=O) groups excluding carboxylic acids is 2. The Labute approximate surface area is 136 Å². The van der Waals surface area contributed by atoms with Crippen molar-refractivity contribution in [1.29, 1.82) is 0 Å². The van der Waals surface area contributed by atoms with Crippen LogP contribution in [0.2, 0.25) is 0 Å². The Hall–Kier alpha value is -2.17. The first-order chi connectivity index (χ1) is 11.0. The molecular weight excluding hydrogens is 296 g/mol. The molecule has 0 radical (unpaired) electrons. The van der Waals surface area contributed by atoms with E-state index in [2.05, 4.69) is 0 Å². The van der Waals surface area contributed by atoms with Crippen LogP contribution in [0.1, 0.15) is 67.8 Å². The van der Waals surface area contributed by atoms with Crippen molar-refractivity contribution < 1.29 is 24.2 Å². The Balaban J connectivity index is 0.000000593. The number of carbonyl (C=O) groups is 3. The molecule has 5 nitrogen and oxygen atoms in total. The van der Waals surface area contributed by atoms with Crippen LogP contribution in [0, 0.1) is 0 Å². The molecule has 0 unspecified atom stereocenters. The summed E-state index contributed by atoms with van der Waals surface area (Å²) in [6.45, 7) is 3.00. The molecule has 0 bridgehead atoms. The summed E-state index contributed by atoms with van der Waals surface area (Å²) in [5.41, 5.74) is 1.69. The minimum Gasteiger partial charge on any atom is -0.481 e. The number of esters is 1. The second kappa shape index (κ2) is 9.77. The Kier molecular flexibility index (Phi) is 8.02. The number of rotatable bonds is 4. The zero-order valence-electron chi connectivity index (χ0n) is 13.7. The average Bonchev–Trinajstić information content (AvgIpc) is 2.55. The van der Waals surface area contributed by atoms with Gasteiger partial charge in [0.1, 0.15) is 0 Å². The fourth-order valence-corrected chi connectivity index (χ4v) is 2.66. The van der Waals surface area contributed by atoms with Gasteiger partial charge in [0, 0.05) is 12.5 Å². The highest BCUT2D eigenvalue weighted by Gasteiger charge is 2.19. The summed E-state index contributed by atoms with van der Waals surface area (Å²) in [4.78, 5) is 32.1. The van der Waals surface area contributed by atoms with E-state index in [9.17, 15) is 9.59 Å². The van der Waals surface area contributed by atoms with Crippen LogP contribution >= 0.6 is 0 Å². The van der Waals surface area contributed by atoms with Crippen LogP contribution in [0.15, 0.2) is 24.3 Å². The maximum absolute atomic E-state index is 11.7. The normalized spacial score (nSPS) is 14.3. The zero-order valence-corrected chi connectivity index (χ0v) is 13.7. The van der Waals surface area contributed by atoms with Gasteiger partial charge in [-0.15, -0.1) is 0 Å². The van der Waals surface area contributed by atoms with Gasteiger partial charge >= 0.3 is 5.97 Å². The quantitative estimate of drug-likeness (QED) is 0.521. The highest BCUT2D eigenvalue weighted by molar-refractivity contribution is 6.40. The molecule has 1 aliphatic rings. The van der Waals surface area contributed by atoms with Crippen LogP contribution in [-0.4, -0.2) is 29.4 Å². The van der Waals surface area contributed by atoms with Crippen LogP contribution in [0.5, 0.6) is 0 Å². The van der Waals surface area contributed by atoms with Crippen LogP contribution in [0.3, 0.4) is 0 Å². The molecule has 1 aliphatic carbocycles. The fraction of sp³-hybridized carbons (Fsp3) is 0.500. The van der Waals surface area contributed by atoms with Crippen molar-refractivity contribution >= 4 is 17.7 Å². The number of hydrogen-bond donors (Lipinski definition) is 1. The van der Waals surface area contributed by atoms with Crippen molar-refractivity contribution in [2.24, 2.45) is 0 Å². The number of carboxylic acid groups (broad SMARTS) is 1. The molecule has 0 heterocycles. The summed E-state index contributed by atoms with van der Waals surface area (Å²) >= 11 is 0. The zero-order chi connectivity index (χ0) is 17.2. The number of Topliss-reactive ketones (excluding diaryl/α,β-unsaturated/α-hetero) is 1. The van der Waals surface area contributed by atoms with Crippen LogP contribution in [0.25, 0.3) is 0 Å². The average molecular weight is 320 g/mol. The van der Waals surface area contributed by atoms with Gasteiger partial charge in [-0.25, -0.2) is 4.79 Å². The third kappa shape index (κ3) is 6.63. The monoisotopic (exact) mass is 320 g/mol. The number of aliphatic carboxylic acids is 1. The minimum atomic E-state index is -0.833. The second-order valence-corrected chi connectivity index (χ2v) is 5.53. The number of ketones is 1. The molecule has 126 valence electrons. The van der Waals surface area contributed by atoms with E-state index < -0.39 is 17.7 Å². The van der Waals surface area contributed by atoms with E-state index in [-0.39, 0.29) is 6.61 Å². The molecule has 1 N–H and O–H groups in total. The predicted octanol–water partition coefficient (Wildman–Crippen LogP) is 3.57. The molecular formula is C18H24O5. The Morgan fingerprint density at radius 2 is 1.61 bits per heavy atom. The lowest BCUT2D eigenvalue weighted by molar-refractivity contribution is -0.137. The van der Waals surface area contributed by atoms with E-state index in [1.54, 1.807) is 19.1 Å². The largest absolute Gasteiger partial charge is 0.481 e. The molecule has 1 fully saturated rings. The summed E-state index contributed by atoms with van der Waals surface area (Å²) in [5, 5.41) is 7.42. The molecule has 0 spiro atoms. The molecule has 0 saturated heterocycles. The summed E-state index contributed by atoms with van der Waals surface area (Å²) < 4.78 is 4.72. The molecule has 2 rings (SSSR count). The first-order valence-corrected chi connectivity index (χ1v) is 7.96. The first kappa shape index (κ1) is 18.9. The van der Waals surface area contributed by atoms with Crippen molar-refractivity contribution in [1.82, 2.24) is 0 Å². The van der Waals surface area contributed by atoms with Crippen molar-refractivity contribution in [2.45, 2.75) is 51.9 Å². The molecule has 0 aromatic heterocycles. The smallest absolute Gasteiger partial charge is 0.379 e. The van der Waals surface area contributed by atoms with E-state index in [0.717, 1.165) is 6.92 Å². The van der Waals surface area contributed by atoms with Crippen molar-refractivity contribution in [3.63, 3.8) is 0 Å². The van der Waals surface area contributed by atoms with Gasteiger partial charge in [-0.1, -0.05) is 43.5 Å². The topological polar surface area (TPSA) is 80.7 Å².